The zero-order valence-corrected chi connectivity index (χ0v) is 11.0. The van der Waals surface area contributed by atoms with Crippen LogP contribution in [0.3, 0.4) is 0 Å². The number of thiophene rings is 1. The van der Waals surface area contributed by atoms with Gasteiger partial charge in [0.15, 0.2) is 0 Å². The highest BCUT2D eigenvalue weighted by molar-refractivity contribution is 7.12. The fourth-order valence-corrected chi connectivity index (χ4v) is 2.22. The standard InChI is InChI=1S/C12H16N2O3S/c1-12(7-17-8-12)6-14-10(15)5-13-11(16)9-3-2-4-18-9/h2-4H,5-8H2,1H3,(H,13,16)(H,14,15). The summed E-state index contributed by atoms with van der Waals surface area (Å²) in [6.45, 7) is 4.00. The van der Waals surface area contributed by atoms with Crippen molar-refractivity contribution in [1.82, 2.24) is 10.6 Å². The van der Waals surface area contributed by atoms with E-state index in [1.807, 2.05) is 5.38 Å². The van der Waals surface area contributed by atoms with Crippen LogP contribution in [0.25, 0.3) is 0 Å². The van der Waals surface area contributed by atoms with Crippen molar-refractivity contribution in [1.29, 1.82) is 0 Å². The summed E-state index contributed by atoms with van der Waals surface area (Å²) in [6, 6.07) is 3.53. The molecule has 0 aromatic carbocycles. The number of amides is 2. The highest BCUT2D eigenvalue weighted by atomic mass is 32.1. The molecule has 1 saturated heterocycles. The van der Waals surface area contributed by atoms with Gasteiger partial charge >= 0.3 is 0 Å². The average Bonchev–Trinajstić information content (AvgIpc) is 2.84. The summed E-state index contributed by atoms with van der Waals surface area (Å²) >= 11 is 1.35. The number of carbonyl (C=O) groups excluding carboxylic acids is 2. The van der Waals surface area contributed by atoms with Crippen molar-refractivity contribution in [2.75, 3.05) is 26.3 Å². The largest absolute Gasteiger partial charge is 0.380 e. The van der Waals surface area contributed by atoms with Gasteiger partial charge in [-0.25, -0.2) is 0 Å². The summed E-state index contributed by atoms with van der Waals surface area (Å²) in [7, 11) is 0. The van der Waals surface area contributed by atoms with Crippen molar-refractivity contribution in [3.8, 4) is 0 Å². The molecule has 5 nitrogen and oxygen atoms in total. The van der Waals surface area contributed by atoms with E-state index in [0.29, 0.717) is 24.6 Å². The molecule has 0 aliphatic carbocycles. The first-order chi connectivity index (χ1) is 8.59. The molecule has 0 spiro atoms. The Balaban J connectivity index is 1.67. The molecule has 2 amide bonds. The molecule has 0 bridgehead atoms. The molecule has 1 aliphatic rings. The number of hydrogen-bond acceptors (Lipinski definition) is 4. The third kappa shape index (κ3) is 3.30. The van der Waals surface area contributed by atoms with Crippen molar-refractivity contribution in [2.45, 2.75) is 6.92 Å². The van der Waals surface area contributed by atoms with Crippen LogP contribution >= 0.6 is 11.3 Å². The Morgan fingerprint density at radius 3 is 2.78 bits per heavy atom. The van der Waals surface area contributed by atoms with Crippen LogP contribution < -0.4 is 10.6 Å². The lowest BCUT2D eigenvalue weighted by Gasteiger charge is -2.38. The maximum absolute atomic E-state index is 11.6. The van der Waals surface area contributed by atoms with E-state index in [9.17, 15) is 9.59 Å². The number of hydrogen-bond donors (Lipinski definition) is 2. The first-order valence-corrected chi connectivity index (χ1v) is 6.63. The van der Waals surface area contributed by atoms with Crippen LogP contribution in [-0.2, 0) is 9.53 Å². The van der Waals surface area contributed by atoms with E-state index in [0.717, 1.165) is 0 Å². The molecule has 98 valence electrons. The van der Waals surface area contributed by atoms with Crippen molar-refractivity contribution in [2.24, 2.45) is 5.41 Å². The minimum Gasteiger partial charge on any atom is -0.380 e. The van der Waals surface area contributed by atoms with Gasteiger partial charge in [0.2, 0.25) is 5.91 Å². The zero-order chi connectivity index (χ0) is 13.0. The van der Waals surface area contributed by atoms with Gasteiger partial charge in [-0.05, 0) is 11.4 Å². The van der Waals surface area contributed by atoms with Crippen LogP contribution in [0.15, 0.2) is 17.5 Å². The third-order valence-corrected chi connectivity index (χ3v) is 3.64. The maximum Gasteiger partial charge on any atom is 0.261 e. The van der Waals surface area contributed by atoms with Crippen LogP contribution in [0.1, 0.15) is 16.6 Å². The van der Waals surface area contributed by atoms with Crippen LogP contribution in [-0.4, -0.2) is 38.1 Å². The second-order valence-electron chi connectivity index (χ2n) is 4.74. The fraction of sp³-hybridized carbons (Fsp3) is 0.500. The van der Waals surface area contributed by atoms with Gasteiger partial charge in [-0.3, -0.25) is 9.59 Å². The monoisotopic (exact) mass is 268 g/mol. The molecule has 2 rings (SSSR count). The van der Waals surface area contributed by atoms with Crippen LogP contribution in [0, 0.1) is 5.41 Å². The van der Waals surface area contributed by atoms with Crippen molar-refractivity contribution >= 4 is 23.2 Å². The predicted octanol–water partition coefficient (Wildman–Crippen LogP) is 0.631. The Bertz CT molecular complexity index is 427. The molecule has 6 heteroatoms. The van der Waals surface area contributed by atoms with Gasteiger partial charge in [0.25, 0.3) is 5.91 Å². The second kappa shape index (κ2) is 5.49. The molecule has 1 aromatic rings. The lowest BCUT2D eigenvalue weighted by Crippen LogP contribution is -2.50. The van der Waals surface area contributed by atoms with Crippen LogP contribution in [0.4, 0.5) is 0 Å². The third-order valence-electron chi connectivity index (χ3n) is 2.77. The second-order valence-corrected chi connectivity index (χ2v) is 5.69. The van der Waals surface area contributed by atoms with E-state index in [-0.39, 0.29) is 23.8 Å². The SMILES string of the molecule is CC1(CNC(=O)CNC(=O)c2cccs2)COC1. The Morgan fingerprint density at radius 2 is 2.22 bits per heavy atom. The number of nitrogens with one attached hydrogen (secondary N) is 2. The highest BCUT2D eigenvalue weighted by Crippen LogP contribution is 2.24. The summed E-state index contributed by atoms with van der Waals surface area (Å²) in [5.41, 5.74) is 0.0490. The number of carbonyl (C=O) groups is 2. The molecule has 0 saturated carbocycles. The number of ether oxygens (including phenoxy) is 1. The van der Waals surface area contributed by atoms with Gasteiger partial charge in [0.05, 0.1) is 24.6 Å². The minimum absolute atomic E-state index is 0.00761. The molecule has 0 radical (unpaired) electrons. The fourth-order valence-electron chi connectivity index (χ4n) is 1.58. The zero-order valence-electron chi connectivity index (χ0n) is 10.2. The molecule has 0 unspecified atom stereocenters. The molecule has 1 aliphatic heterocycles. The Morgan fingerprint density at radius 1 is 1.44 bits per heavy atom. The molecule has 1 fully saturated rings. The van der Waals surface area contributed by atoms with Crippen molar-refractivity contribution < 1.29 is 14.3 Å². The normalized spacial score (nSPS) is 16.7. The summed E-state index contributed by atoms with van der Waals surface area (Å²) in [4.78, 5) is 23.7. The summed E-state index contributed by atoms with van der Waals surface area (Å²) in [5.74, 6) is -0.383. The predicted molar refractivity (Wildman–Crippen MR) is 68.6 cm³/mol. The first kappa shape index (κ1) is 13.0. The van der Waals surface area contributed by atoms with Gasteiger partial charge in [0.1, 0.15) is 0 Å². The summed E-state index contributed by atoms with van der Waals surface area (Å²) in [6.07, 6.45) is 0. The molecule has 2 N–H and O–H groups in total. The number of rotatable bonds is 5. The first-order valence-electron chi connectivity index (χ1n) is 5.75. The van der Waals surface area contributed by atoms with Crippen LogP contribution in [0.5, 0.6) is 0 Å². The van der Waals surface area contributed by atoms with Gasteiger partial charge in [-0.1, -0.05) is 13.0 Å². The van der Waals surface area contributed by atoms with E-state index in [4.69, 9.17) is 4.74 Å². The molecular formula is C12H16N2O3S. The quantitative estimate of drug-likeness (QED) is 0.823. The van der Waals surface area contributed by atoms with Crippen LogP contribution in [0.2, 0.25) is 0 Å². The highest BCUT2D eigenvalue weighted by Gasteiger charge is 2.33. The Kier molecular flexibility index (Phi) is 3.98. The Hall–Kier alpha value is -1.40. The molecule has 2 heterocycles. The van der Waals surface area contributed by atoms with Gasteiger partial charge in [0, 0.05) is 12.0 Å². The molecular weight excluding hydrogens is 252 g/mol. The van der Waals surface area contributed by atoms with Gasteiger partial charge < -0.3 is 15.4 Å². The van der Waals surface area contributed by atoms with Gasteiger partial charge in [-0.2, -0.15) is 0 Å². The molecule has 18 heavy (non-hydrogen) atoms. The average molecular weight is 268 g/mol. The summed E-state index contributed by atoms with van der Waals surface area (Å²) < 4.78 is 5.10. The lowest BCUT2D eigenvalue weighted by atomic mass is 9.89. The lowest BCUT2D eigenvalue weighted by molar-refractivity contribution is -0.125. The topological polar surface area (TPSA) is 67.4 Å². The van der Waals surface area contributed by atoms with E-state index in [1.54, 1.807) is 12.1 Å². The maximum atomic E-state index is 11.6. The van der Waals surface area contributed by atoms with Crippen molar-refractivity contribution in [3.63, 3.8) is 0 Å². The molecule has 0 atom stereocenters. The van der Waals surface area contributed by atoms with Gasteiger partial charge in [-0.15, -0.1) is 11.3 Å². The smallest absolute Gasteiger partial charge is 0.261 e. The van der Waals surface area contributed by atoms with E-state index >= 15 is 0 Å². The minimum atomic E-state index is -0.210. The van der Waals surface area contributed by atoms with Crippen molar-refractivity contribution in [3.05, 3.63) is 22.4 Å². The van der Waals surface area contributed by atoms with E-state index < -0.39 is 0 Å². The molecule has 1 aromatic heterocycles. The Labute approximate surface area is 110 Å². The summed E-state index contributed by atoms with van der Waals surface area (Å²) in [5, 5.41) is 7.21. The van der Waals surface area contributed by atoms with E-state index in [2.05, 4.69) is 17.6 Å². The van der Waals surface area contributed by atoms with E-state index in [1.165, 1.54) is 11.3 Å².